The van der Waals surface area contributed by atoms with Crippen molar-refractivity contribution >= 4 is 57.6 Å². The summed E-state index contributed by atoms with van der Waals surface area (Å²) in [4.78, 5) is 0. The van der Waals surface area contributed by atoms with Crippen molar-refractivity contribution in [3.05, 3.63) is 21.1 Å². The molecule has 0 atom stereocenters. The fraction of sp³-hybridized carbons (Fsp3) is 0. The zero-order valence-corrected chi connectivity index (χ0v) is 11.3. The molecule has 3 rings (SSSR count). The first kappa shape index (κ1) is 12.4. The third-order valence-corrected chi connectivity index (χ3v) is 3.87. The number of anilines is 4. The van der Waals surface area contributed by atoms with E-state index in [2.05, 4.69) is 20.8 Å². The molecule has 98 valence electrons. The lowest BCUT2D eigenvalue weighted by Gasteiger charge is -2.24. The van der Waals surface area contributed by atoms with Crippen LogP contribution in [0.1, 0.15) is 0 Å². The third-order valence-electron chi connectivity index (χ3n) is 2.61. The highest BCUT2D eigenvalue weighted by Crippen LogP contribution is 2.50. The van der Waals surface area contributed by atoms with Crippen molar-refractivity contribution < 1.29 is 10.2 Å². The number of hydrogen-bond acceptors (Lipinski definition) is 6. The molecule has 0 fully saturated rings. The Labute approximate surface area is 121 Å². The van der Waals surface area contributed by atoms with Gasteiger partial charge in [0, 0.05) is 0 Å². The first-order chi connectivity index (χ1) is 8.99. The van der Waals surface area contributed by atoms with Crippen LogP contribution in [0.15, 0.2) is 6.07 Å². The average Bonchev–Trinajstić information content (AvgIpc) is 2.39. The molecule has 9 heteroatoms. The minimum absolute atomic E-state index is 0.153. The van der Waals surface area contributed by atoms with E-state index in [9.17, 15) is 10.2 Å². The molecule has 0 unspecified atom stereocenters. The summed E-state index contributed by atoms with van der Waals surface area (Å²) in [6.07, 6.45) is 0. The first-order valence-electron chi connectivity index (χ1n) is 4.99. The summed E-state index contributed by atoms with van der Waals surface area (Å²) < 4.78 is 0. The van der Waals surface area contributed by atoms with E-state index in [1.54, 1.807) is 0 Å². The lowest BCUT2D eigenvalue weighted by atomic mass is 10.2. The smallest absolute Gasteiger partial charge is 0.257 e. The molecule has 0 amide bonds. The summed E-state index contributed by atoms with van der Waals surface area (Å²) in [7, 11) is 0. The van der Waals surface area contributed by atoms with E-state index in [-0.39, 0.29) is 38.2 Å². The highest BCUT2D eigenvalue weighted by molar-refractivity contribution is 6.50. The third kappa shape index (κ3) is 1.80. The molecule has 0 radical (unpaired) electrons. The van der Waals surface area contributed by atoms with Crippen LogP contribution in [0.25, 0.3) is 0 Å². The van der Waals surface area contributed by atoms with Crippen LogP contribution in [-0.4, -0.2) is 20.4 Å². The maximum absolute atomic E-state index is 9.63. The fourth-order valence-electron chi connectivity index (χ4n) is 1.73. The maximum Gasteiger partial charge on any atom is 0.257 e. The largest absolute Gasteiger partial charge is 0.491 e. The van der Waals surface area contributed by atoms with E-state index in [1.165, 1.54) is 6.07 Å². The van der Waals surface area contributed by atoms with Crippen LogP contribution >= 0.6 is 34.8 Å². The molecule has 1 aliphatic rings. The second kappa shape index (κ2) is 4.19. The van der Waals surface area contributed by atoms with Crippen LogP contribution < -0.4 is 10.6 Å². The Morgan fingerprint density at radius 3 is 2.05 bits per heavy atom. The summed E-state index contributed by atoms with van der Waals surface area (Å²) in [6.45, 7) is 0. The van der Waals surface area contributed by atoms with Gasteiger partial charge in [-0.1, -0.05) is 34.8 Å². The van der Waals surface area contributed by atoms with Crippen molar-refractivity contribution in [1.29, 1.82) is 0 Å². The van der Waals surface area contributed by atoms with Crippen molar-refractivity contribution in [2.24, 2.45) is 0 Å². The van der Waals surface area contributed by atoms with Crippen molar-refractivity contribution in [2.75, 3.05) is 10.6 Å². The minimum Gasteiger partial charge on any atom is -0.491 e. The number of aromatic nitrogens is 2. The molecule has 2 heterocycles. The minimum atomic E-state index is -0.381. The Morgan fingerprint density at radius 1 is 0.842 bits per heavy atom. The Bertz CT molecular complexity index is 708. The zero-order valence-electron chi connectivity index (χ0n) is 9.00. The molecule has 0 spiro atoms. The van der Waals surface area contributed by atoms with Crippen LogP contribution in [0.5, 0.6) is 11.8 Å². The van der Waals surface area contributed by atoms with Crippen molar-refractivity contribution in [1.82, 2.24) is 10.2 Å². The topological polar surface area (TPSA) is 90.3 Å². The molecule has 2 aromatic rings. The van der Waals surface area contributed by atoms with Gasteiger partial charge < -0.3 is 20.8 Å². The number of halogens is 3. The molecule has 0 saturated carbocycles. The number of nitrogens with zero attached hydrogens (tertiary/aromatic N) is 2. The second-order valence-electron chi connectivity index (χ2n) is 3.76. The van der Waals surface area contributed by atoms with E-state index in [4.69, 9.17) is 34.8 Å². The standard InChI is InChI=1S/C10H5Cl3N4O2/c11-2-1-3-6(5(13)4(2)12)15-8-7(14-3)9(18)16-17-10(8)19/h1,14-15H,(H,16,18)(H,17,19). The van der Waals surface area contributed by atoms with Gasteiger partial charge in [-0.25, -0.2) is 0 Å². The Hall–Kier alpha value is -1.63. The predicted molar refractivity (Wildman–Crippen MR) is 73.4 cm³/mol. The number of benzene rings is 1. The van der Waals surface area contributed by atoms with E-state index in [0.717, 1.165) is 0 Å². The summed E-state index contributed by atoms with van der Waals surface area (Å²) in [5.41, 5.74) is 1.25. The maximum atomic E-state index is 9.63. The number of rotatable bonds is 0. The van der Waals surface area contributed by atoms with E-state index < -0.39 is 0 Å². The number of aromatic hydroxyl groups is 2. The van der Waals surface area contributed by atoms with Gasteiger partial charge in [0.25, 0.3) is 11.8 Å². The Morgan fingerprint density at radius 2 is 1.42 bits per heavy atom. The molecule has 0 aliphatic carbocycles. The quantitative estimate of drug-likeness (QED) is 0.473. The van der Waals surface area contributed by atoms with Crippen molar-refractivity contribution in [2.45, 2.75) is 0 Å². The summed E-state index contributed by atoms with van der Waals surface area (Å²) in [5.74, 6) is -0.749. The summed E-state index contributed by atoms with van der Waals surface area (Å²) >= 11 is 17.9. The first-order valence-corrected chi connectivity index (χ1v) is 6.12. The van der Waals surface area contributed by atoms with Crippen molar-refractivity contribution in [3.63, 3.8) is 0 Å². The van der Waals surface area contributed by atoms with E-state index in [0.29, 0.717) is 11.4 Å². The van der Waals surface area contributed by atoms with Crippen LogP contribution in [0, 0.1) is 0 Å². The SMILES string of the molecule is Oc1nnc(O)c2c1Nc1cc(Cl)c(Cl)c(Cl)c1N2. The van der Waals surface area contributed by atoms with Crippen LogP contribution in [0.3, 0.4) is 0 Å². The van der Waals surface area contributed by atoms with E-state index in [1.807, 2.05) is 0 Å². The highest BCUT2D eigenvalue weighted by Gasteiger charge is 2.26. The number of nitrogens with one attached hydrogen (secondary N) is 2. The number of hydrogen-bond donors (Lipinski definition) is 4. The molecule has 1 aromatic carbocycles. The molecule has 0 saturated heterocycles. The monoisotopic (exact) mass is 318 g/mol. The molecule has 6 nitrogen and oxygen atoms in total. The molecular weight excluding hydrogens is 314 g/mol. The molecule has 19 heavy (non-hydrogen) atoms. The fourth-order valence-corrected chi connectivity index (χ4v) is 2.38. The molecule has 0 bridgehead atoms. The average molecular weight is 320 g/mol. The Kier molecular flexibility index (Phi) is 2.74. The van der Waals surface area contributed by atoms with Gasteiger partial charge in [0.05, 0.1) is 26.4 Å². The van der Waals surface area contributed by atoms with Gasteiger partial charge in [-0.3, -0.25) is 0 Å². The van der Waals surface area contributed by atoms with Crippen LogP contribution in [0.4, 0.5) is 22.7 Å². The lowest BCUT2D eigenvalue weighted by Crippen LogP contribution is -2.09. The van der Waals surface area contributed by atoms with Crippen molar-refractivity contribution in [3.8, 4) is 11.8 Å². The molecule has 4 N–H and O–H groups in total. The van der Waals surface area contributed by atoms with Gasteiger partial charge in [0.2, 0.25) is 0 Å². The highest BCUT2D eigenvalue weighted by atomic mass is 35.5. The van der Waals surface area contributed by atoms with Gasteiger partial charge >= 0.3 is 0 Å². The lowest BCUT2D eigenvalue weighted by molar-refractivity contribution is 0.418. The molecular formula is C10H5Cl3N4O2. The van der Waals surface area contributed by atoms with Gasteiger partial charge in [-0.2, -0.15) is 0 Å². The predicted octanol–water partition coefficient (Wildman–Crippen LogP) is 3.65. The van der Waals surface area contributed by atoms with Crippen LogP contribution in [0.2, 0.25) is 15.1 Å². The normalized spacial score (nSPS) is 12.2. The van der Waals surface area contributed by atoms with Crippen LogP contribution in [-0.2, 0) is 0 Å². The summed E-state index contributed by atoms with van der Waals surface area (Å²) in [6, 6.07) is 1.54. The summed E-state index contributed by atoms with van der Waals surface area (Å²) in [5, 5.41) is 32.4. The molecule has 1 aromatic heterocycles. The van der Waals surface area contributed by atoms with E-state index >= 15 is 0 Å². The second-order valence-corrected chi connectivity index (χ2v) is 4.92. The van der Waals surface area contributed by atoms with Gasteiger partial charge in [-0.15, -0.1) is 10.2 Å². The van der Waals surface area contributed by atoms with Gasteiger partial charge in [0.15, 0.2) is 0 Å². The van der Waals surface area contributed by atoms with Gasteiger partial charge in [-0.05, 0) is 6.07 Å². The van der Waals surface area contributed by atoms with Gasteiger partial charge in [0.1, 0.15) is 11.4 Å². The Balaban J connectivity index is 2.23. The zero-order chi connectivity index (χ0) is 13.7. The number of fused-ring (bicyclic) bond motifs is 2. The molecule has 1 aliphatic heterocycles.